The van der Waals surface area contributed by atoms with Gasteiger partial charge in [0.05, 0.1) is 0 Å². The van der Waals surface area contributed by atoms with E-state index in [4.69, 9.17) is 9.47 Å². The van der Waals surface area contributed by atoms with Crippen LogP contribution in [0.4, 0.5) is 0 Å². The summed E-state index contributed by atoms with van der Waals surface area (Å²) in [4.78, 5) is 3.24. The molecule has 0 saturated heterocycles. The number of ether oxygens (including phenoxy) is 2. The molecule has 0 unspecified atom stereocenters. The van der Waals surface area contributed by atoms with Gasteiger partial charge < -0.3 is 0 Å². The van der Waals surface area contributed by atoms with Crippen molar-refractivity contribution in [2.45, 2.75) is 313 Å². The smallest absolute Gasteiger partial charge is 0.0654 e. The zero-order valence-electron chi connectivity index (χ0n) is 49.1. The first kappa shape index (κ1) is 65.6. The van der Waals surface area contributed by atoms with Crippen LogP contribution in [-0.2, 0) is 9.47 Å². The van der Waals surface area contributed by atoms with Crippen LogP contribution in [0.3, 0.4) is 0 Å². The molecule has 71 heavy (non-hydrogen) atoms. The van der Waals surface area contributed by atoms with E-state index in [9.17, 15) is 0 Å². The van der Waals surface area contributed by atoms with Crippen LogP contribution in [0, 0.1) is 0 Å². The Hall–Kier alpha value is 0.294. The third-order valence-corrected chi connectivity index (χ3v) is 61.3. The Morgan fingerprint density at radius 3 is 0.887 bits per heavy atom. The number of hydrogen-bond acceptors (Lipinski definition) is 4. The Morgan fingerprint density at radius 2 is 0.592 bits per heavy atom. The molecule has 7 heteroatoms. The molecule has 0 amide bonds. The zero-order valence-corrected chi connectivity index (χ0v) is 57.5. The predicted octanol–water partition coefficient (Wildman–Crippen LogP) is 22.5. The molecule has 1 aliphatic rings. The van der Waals surface area contributed by atoms with Gasteiger partial charge in [-0.25, -0.2) is 0 Å². The van der Waals surface area contributed by atoms with Crippen molar-refractivity contribution in [2.24, 2.45) is 0 Å². The summed E-state index contributed by atoms with van der Waals surface area (Å²) in [6, 6.07) is 13.7. The molecule has 3 rings (SSSR count). The molecule has 0 N–H and O–H groups in total. The van der Waals surface area contributed by atoms with Crippen molar-refractivity contribution in [1.82, 2.24) is 0 Å². The fourth-order valence-corrected chi connectivity index (χ4v) is 59.5. The minimum absolute atomic E-state index is 0.823. The number of hydrogen-bond donors (Lipinski definition) is 0. The summed E-state index contributed by atoms with van der Waals surface area (Å²) in [7, 11) is -2.44. The van der Waals surface area contributed by atoms with E-state index in [1.165, 1.54) is 243 Å². The molecular weight excluding hydrogens is 1130 g/mol. The molecular formula is C64H118O2S2SiSn2. The Kier molecular flexibility index (Phi) is 36.6. The fraction of sp³-hybridized carbons (Fsp3) is 0.812. The second-order valence-electron chi connectivity index (χ2n) is 22.9. The van der Waals surface area contributed by atoms with Crippen LogP contribution in [0.2, 0.25) is 38.7 Å². The summed E-state index contributed by atoms with van der Waals surface area (Å²) in [5, 5.41) is 3.44. The molecule has 2 aromatic rings. The number of thiophene rings is 2. The van der Waals surface area contributed by atoms with Crippen LogP contribution >= 0.6 is 22.7 Å². The third-order valence-electron chi connectivity index (χ3n) is 16.8. The van der Waals surface area contributed by atoms with Crippen molar-refractivity contribution in [3.05, 3.63) is 45.5 Å². The normalized spacial score (nSPS) is 14.2. The molecule has 0 fully saturated rings. The molecule has 0 atom stereocenters. The molecule has 0 aromatic carbocycles. The Labute approximate surface area is 461 Å². The van der Waals surface area contributed by atoms with Gasteiger partial charge in [0.1, 0.15) is 0 Å². The van der Waals surface area contributed by atoms with Gasteiger partial charge >= 0.3 is 439 Å². The Bertz CT molecular complexity index is 1530. The molecule has 0 aliphatic carbocycles. The second kappa shape index (κ2) is 39.6. The molecule has 2 aromatic heterocycles. The first-order valence-electron chi connectivity index (χ1n) is 31.8. The fourth-order valence-electron chi connectivity index (χ4n) is 12.3. The Morgan fingerprint density at radius 1 is 0.324 bits per heavy atom. The number of rotatable bonds is 48. The van der Waals surface area contributed by atoms with Crippen LogP contribution in [0.1, 0.15) is 284 Å². The van der Waals surface area contributed by atoms with Gasteiger partial charge in [-0.05, 0) is 0 Å². The van der Waals surface area contributed by atoms with Crippen LogP contribution in [0.5, 0.6) is 0 Å². The standard InChI is InChI=1S/C40H64O2S2Si.6C4H9.2Sn/c1-5-9-13-17-19-21-29-41-37-38(42-30-22-20-18-14-10-6-2)40(36-28-26-32-44-36)45(33-23-15-11-7-3,34-24-16-12-8-4)39(37)35-27-25-31-43-35;6*1-3-4-2;;/h25-28H,5-24,29-30,33-34H2,1-4H3;6*1,3-4H2,2H3;;. The van der Waals surface area contributed by atoms with Gasteiger partial charge in [-0.3, -0.25) is 0 Å². The van der Waals surface area contributed by atoms with Crippen molar-refractivity contribution in [3.63, 3.8) is 0 Å². The first-order valence-corrected chi connectivity index (χ1v) is 50.8. The van der Waals surface area contributed by atoms with E-state index in [0.717, 1.165) is 26.1 Å². The zero-order chi connectivity index (χ0) is 51.5. The molecule has 0 bridgehead atoms. The van der Waals surface area contributed by atoms with Crippen LogP contribution in [0.15, 0.2) is 35.8 Å². The SMILES string of the molecule is CCCCCCCCOC1=C(c2cc[c]([Sn]([CH2]CCC)([CH2]CCC)[CH2]CCC)s2)[Si](CCCCCC)(CCCCCC)C(c2cc[c]([Sn]([CH2]CCC)([CH2]CCC)[CH2]CCC)s2)=C1OCCCCCCCC. The van der Waals surface area contributed by atoms with E-state index >= 15 is 0 Å². The van der Waals surface area contributed by atoms with Gasteiger partial charge in [0, 0.05) is 0 Å². The second-order valence-corrected chi connectivity index (χ2v) is 57.5. The average Bonchev–Trinajstić information content (AvgIpc) is 4.14. The first-order chi connectivity index (χ1) is 34.8. The number of unbranched alkanes of at least 4 members (excludes halogenated alkanes) is 22. The molecule has 0 radical (unpaired) electrons. The summed E-state index contributed by atoms with van der Waals surface area (Å²) in [6.07, 6.45) is 42.7. The van der Waals surface area contributed by atoms with E-state index in [1.807, 2.05) is 5.79 Å². The van der Waals surface area contributed by atoms with E-state index in [-0.39, 0.29) is 0 Å². The minimum Gasteiger partial charge on any atom is -0.0654 e. The average molecular weight is 1250 g/mol. The maximum atomic E-state index is 7.66. The van der Waals surface area contributed by atoms with Gasteiger partial charge in [-0.1, -0.05) is 26.7 Å². The van der Waals surface area contributed by atoms with Crippen molar-refractivity contribution >= 4 is 83.7 Å². The van der Waals surface area contributed by atoms with E-state index in [0.29, 0.717) is 0 Å². The molecule has 2 nitrogen and oxygen atoms in total. The third kappa shape index (κ3) is 21.2. The summed E-state index contributed by atoms with van der Waals surface area (Å²) in [5.74, 6) is 2.49. The quantitative estimate of drug-likeness (QED) is 0.0486. The van der Waals surface area contributed by atoms with Crippen LogP contribution < -0.4 is 5.79 Å². The molecule has 0 spiro atoms. The molecule has 410 valence electrons. The Balaban J connectivity index is 2.52. The van der Waals surface area contributed by atoms with Gasteiger partial charge in [0.15, 0.2) is 0 Å². The molecule has 3 heterocycles. The van der Waals surface area contributed by atoms with Crippen molar-refractivity contribution in [3.8, 4) is 0 Å². The topological polar surface area (TPSA) is 18.5 Å². The summed E-state index contributed by atoms with van der Waals surface area (Å²) < 4.78 is 28.3. The van der Waals surface area contributed by atoms with Gasteiger partial charge in [0.25, 0.3) is 0 Å². The monoisotopic (exact) mass is 1250 g/mol. The van der Waals surface area contributed by atoms with E-state index in [2.05, 4.69) is 116 Å². The van der Waals surface area contributed by atoms with Gasteiger partial charge in [-0.2, -0.15) is 0 Å². The molecule has 1 aliphatic heterocycles. The summed E-state index contributed by atoms with van der Waals surface area (Å²) >= 11 is -0.781. The minimum atomic E-state index is -2.72. The van der Waals surface area contributed by atoms with Crippen molar-refractivity contribution in [2.75, 3.05) is 13.2 Å². The van der Waals surface area contributed by atoms with Crippen molar-refractivity contribution < 1.29 is 9.47 Å². The van der Waals surface area contributed by atoms with E-state index in [1.54, 1.807) is 20.1 Å². The van der Waals surface area contributed by atoms with Gasteiger partial charge in [-0.15, -0.1) is 0 Å². The van der Waals surface area contributed by atoms with E-state index < -0.39 is 44.8 Å². The predicted molar refractivity (Wildman–Crippen MR) is 334 cm³/mol. The maximum absolute atomic E-state index is 7.66. The summed E-state index contributed by atoms with van der Waals surface area (Å²) in [5.41, 5.74) is 0. The van der Waals surface area contributed by atoms with Crippen LogP contribution in [-0.4, -0.2) is 58.0 Å². The summed E-state index contributed by atoms with van der Waals surface area (Å²) in [6.45, 7) is 25.9. The van der Waals surface area contributed by atoms with Gasteiger partial charge in [0.2, 0.25) is 0 Å². The molecule has 0 saturated carbocycles. The van der Waals surface area contributed by atoms with Crippen LogP contribution in [0.25, 0.3) is 10.4 Å². The van der Waals surface area contributed by atoms with Crippen molar-refractivity contribution in [1.29, 1.82) is 0 Å².